The van der Waals surface area contributed by atoms with E-state index in [1.54, 1.807) is 12.2 Å². The summed E-state index contributed by atoms with van der Waals surface area (Å²) in [5.41, 5.74) is 0.946. The lowest BCUT2D eigenvalue weighted by Gasteiger charge is -2.54. The van der Waals surface area contributed by atoms with Crippen molar-refractivity contribution in [1.29, 1.82) is 0 Å². The van der Waals surface area contributed by atoms with Gasteiger partial charge in [-0.2, -0.15) is 0 Å². The zero-order valence-electron chi connectivity index (χ0n) is 22.8. The third kappa shape index (κ3) is 3.90. The summed E-state index contributed by atoms with van der Waals surface area (Å²) in [5.74, 6) is -5.34. The smallest absolute Gasteiger partial charge is 0.284 e. The Morgan fingerprint density at radius 2 is 1.47 bits per heavy atom. The molecule has 12 nitrogen and oxygen atoms in total. The molecule has 2 aromatic carbocycles. The lowest BCUT2D eigenvalue weighted by atomic mass is 9.71. The Bertz CT molecular complexity index is 1650. The Morgan fingerprint density at radius 3 is 2.14 bits per heavy atom. The number of rotatable bonds is 3. The zero-order chi connectivity index (χ0) is 30.4. The van der Waals surface area contributed by atoms with E-state index in [-0.39, 0.29) is 82.4 Å². The third-order valence-corrected chi connectivity index (χ3v) is 8.99. The molecule has 3 aliphatic heterocycles. The van der Waals surface area contributed by atoms with Crippen molar-refractivity contribution in [2.24, 2.45) is 11.8 Å². The fourth-order valence-electron chi connectivity index (χ4n) is 7.01. The van der Waals surface area contributed by atoms with Gasteiger partial charge in [0, 0.05) is 67.2 Å². The summed E-state index contributed by atoms with van der Waals surface area (Å²) in [6, 6.07) is 3.86. The molecule has 7 rings (SSSR count). The van der Waals surface area contributed by atoms with Crippen LogP contribution in [0.2, 0.25) is 0 Å². The van der Waals surface area contributed by atoms with Crippen LogP contribution in [-0.2, 0) is 11.2 Å². The highest BCUT2D eigenvalue weighted by Gasteiger charge is 2.63. The molecular weight excluding hydrogens is 564 g/mol. The van der Waals surface area contributed by atoms with E-state index in [9.17, 15) is 40.9 Å². The van der Waals surface area contributed by atoms with E-state index in [1.165, 1.54) is 37.5 Å². The van der Waals surface area contributed by atoms with Gasteiger partial charge in [0.05, 0.1) is 17.9 Å². The average molecular weight is 595 g/mol. The number of hydrogen-bond donors (Lipinski definition) is 8. The Kier molecular flexibility index (Phi) is 5.95. The minimum atomic E-state index is -1.71. The minimum absolute atomic E-state index is 0.0103. The van der Waals surface area contributed by atoms with Gasteiger partial charge < -0.3 is 59.8 Å². The van der Waals surface area contributed by atoms with E-state index < -0.39 is 41.9 Å². The molecule has 0 fully saturated rings. The number of hydrogen-bond acceptors (Lipinski definition) is 12. The van der Waals surface area contributed by atoms with Crippen LogP contribution in [0.25, 0.3) is 0 Å². The number of aromatic hydroxyl groups is 3. The van der Waals surface area contributed by atoms with Crippen molar-refractivity contribution in [2.45, 2.75) is 49.3 Å². The van der Waals surface area contributed by atoms with Gasteiger partial charge in [-0.05, 0) is 12.2 Å². The number of aliphatic hydroxyl groups is 5. The van der Waals surface area contributed by atoms with Crippen LogP contribution in [0.4, 0.5) is 0 Å². The molecule has 2 bridgehead atoms. The normalized spacial score (nSPS) is 32.2. The Hall–Kier alpha value is -4.68. The Labute approximate surface area is 244 Å². The molecule has 5 aliphatic rings. The SMILES string of the molecule is COC1C2c3c(O)cc(O)cc3O[C@@]1(C1C=CC(O)=C(O)C1)Oc1cc(O)c3c(c12)O[C@H](C1C=CC(O)=C(O)C1)[C@H](O)C3. The van der Waals surface area contributed by atoms with Crippen molar-refractivity contribution < 1.29 is 59.8 Å². The molecule has 0 saturated heterocycles. The number of benzene rings is 2. The predicted octanol–water partition coefficient (Wildman–Crippen LogP) is 3.90. The molecule has 0 spiro atoms. The van der Waals surface area contributed by atoms with Crippen LogP contribution in [0.15, 0.2) is 65.5 Å². The standard InChI is InChI=1S/C31H30O12/c1-40-30-27-25-21(38)8-14(32)9-23(25)42-31(30,13-3-5-17(34)20(37)7-13)43-24-11-18(35)15-10-22(39)28(41-29(15)26(24)27)12-2-4-16(33)19(36)6-12/h2-5,8-9,11-13,22,27-28,30,32-39H,6-7,10H2,1H3/t12?,13?,22-,27?,28-,30?,31+/m1/s1. The fourth-order valence-corrected chi connectivity index (χ4v) is 7.01. The summed E-state index contributed by atoms with van der Waals surface area (Å²) >= 11 is 0. The molecule has 7 atom stereocenters. The number of fused-ring (bicyclic) bond motifs is 8. The van der Waals surface area contributed by atoms with Crippen molar-refractivity contribution >= 4 is 0 Å². The lowest BCUT2D eigenvalue weighted by molar-refractivity contribution is -0.240. The van der Waals surface area contributed by atoms with Gasteiger partial charge in [-0.3, -0.25) is 0 Å². The summed E-state index contributed by atoms with van der Waals surface area (Å²) in [4.78, 5) is 0. The van der Waals surface area contributed by atoms with Crippen molar-refractivity contribution in [2.75, 3.05) is 7.11 Å². The molecule has 3 heterocycles. The van der Waals surface area contributed by atoms with Gasteiger partial charge in [0.15, 0.2) is 11.5 Å². The van der Waals surface area contributed by atoms with Gasteiger partial charge in [-0.1, -0.05) is 12.2 Å². The first kappa shape index (κ1) is 27.2. The summed E-state index contributed by atoms with van der Waals surface area (Å²) in [5, 5.41) is 84.2. The van der Waals surface area contributed by atoms with Gasteiger partial charge in [0.1, 0.15) is 58.2 Å². The quantitative estimate of drug-likeness (QED) is 0.255. The van der Waals surface area contributed by atoms with Crippen LogP contribution in [0, 0.1) is 11.8 Å². The minimum Gasteiger partial charge on any atom is -0.508 e. The monoisotopic (exact) mass is 594 g/mol. The van der Waals surface area contributed by atoms with Crippen LogP contribution in [-0.4, -0.2) is 72.1 Å². The summed E-state index contributed by atoms with van der Waals surface area (Å²) in [6.07, 6.45) is 2.83. The molecule has 0 saturated carbocycles. The first-order valence-electron chi connectivity index (χ1n) is 13.8. The summed E-state index contributed by atoms with van der Waals surface area (Å²) in [7, 11) is 1.43. The molecule has 12 heteroatoms. The zero-order valence-corrected chi connectivity index (χ0v) is 22.8. The van der Waals surface area contributed by atoms with E-state index in [0.29, 0.717) is 11.1 Å². The number of phenolic OH excluding ortho intramolecular Hbond substituents is 3. The van der Waals surface area contributed by atoms with Crippen LogP contribution < -0.4 is 14.2 Å². The van der Waals surface area contributed by atoms with E-state index in [4.69, 9.17) is 18.9 Å². The first-order valence-corrected chi connectivity index (χ1v) is 13.8. The maximum Gasteiger partial charge on any atom is 0.284 e. The van der Waals surface area contributed by atoms with Gasteiger partial charge >= 0.3 is 0 Å². The molecule has 4 unspecified atom stereocenters. The Balaban J connectivity index is 1.43. The number of allylic oxidation sites excluding steroid dienone is 4. The maximum atomic E-state index is 11.1. The molecule has 226 valence electrons. The number of aliphatic hydroxyl groups excluding tert-OH is 5. The highest BCUT2D eigenvalue weighted by Crippen LogP contribution is 2.62. The molecular formula is C31H30O12. The number of methoxy groups -OCH3 is 1. The highest BCUT2D eigenvalue weighted by molar-refractivity contribution is 5.67. The lowest BCUT2D eigenvalue weighted by Crippen LogP contribution is -2.64. The molecule has 0 radical (unpaired) electrons. The largest absolute Gasteiger partial charge is 0.508 e. The van der Waals surface area contributed by atoms with E-state index in [0.717, 1.165) is 0 Å². The third-order valence-electron chi connectivity index (χ3n) is 8.99. The fraction of sp³-hybridized carbons (Fsp3) is 0.355. The van der Waals surface area contributed by atoms with Crippen LogP contribution in [0.3, 0.4) is 0 Å². The summed E-state index contributed by atoms with van der Waals surface area (Å²) in [6.45, 7) is 0. The second-order valence-electron chi connectivity index (χ2n) is 11.5. The topological polar surface area (TPSA) is 199 Å². The molecule has 0 amide bonds. The molecule has 43 heavy (non-hydrogen) atoms. The van der Waals surface area contributed by atoms with Crippen LogP contribution in [0.1, 0.15) is 35.4 Å². The highest BCUT2D eigenvalue weighted by atomic mass is 16.7. The number of ether oxygens (including phenoxy) is 4. The van der Waals surface area contributed by atoms with Gasteiger partial charge in [0.2, 0.25) is 0 Å². The second kappa shape index (κ2) is 9.41. The van der Waals surface area contributed by atoms with Crippen LogP contribution in [0.5, 0.6) is 34.5 Å². The first-order chi connectivity index (χ1) is 20.5. The second-order valence-corrected chi connectivity index (χ2v) is 11.5. The summed E-state index contributed by atoms with van der Waals surface area (Å²) < 4.78 is 25.4. The Morgan fingerprint density at radius 1 is 0.791 bits per heavy atom. The van der Waals surface area contributed by atoms with Gasteiger partial charge in [0.25, 0.3) is 5.79 Å². The maximum absolute atomic E-state index is 11.1. The number of phenols is 3. The average Bonchev–Trinajstić information content (AvgIpc) is 2.95. The van der Waals surface area contributed by atoms with E-state index in [1.807, 2.05) is 0 Å². The molecule has 2 aliphatic carbocycles. The van der Waals surface area contributed by atoms with Crippen molar-refractivity contribution in [3.05, 3.63) is 82.2 Å². The van der Waals surface area contributed by atoms with E-state index in [2.05, 4.69) is 0 Å². The molecule has 2 aromatic rings. The molecule has 8 N–H and O–H groups in total. The van der Waals surface area contributed by atoms with Crippen molar-refractivity contribution in [3.63, 3.8) is 0 Å². The van der Waals surface area contributed by atoms with Gasteiger partial charge in [-0.25, -0.2) is 0 Å². The van der Waals surface area contributed by atoms with Gasteiger partial charge in [-0.15, -0.1) is 0 Å². The van der Waals surface area contributed by atoms with Crippen molar-refractivity contribution in [1.82, 2.24) is 0 Å². The van der Waals surface area contributed by atoms with Crippen LogP contribution >= 0.6 is 0 Å². The van der Waals surface area contributed by atoms with Crippen molar-refractivity contribution in [3.8, 4) is 34.5 Å². The molecule has 0 aromatic heterocycles. The van der Waals surface area contributed by atoms with E-state index >= 15 is 0 Å². The predicted molar refractivity (Wildman–Crippen MR) is 148 cm³/mol.